The number of nitrogens with zero attached hydrogens (tertiary/aromatic N) is 4. The molecule has 0 aromatic carbocycles. The Hall–Kier alpha value is -1.82. The van der Waals surface area contributed by atoms with Crippen LogP contribution >= 0.6 is 0 Å². The summed E-state index contributed by atoms with van der Waals surface area (Å²) in [6, 6.07) is 9.49. The summed E-state index contributed by atoms with van der Waals surface area (Å²) in [7, 11) is 0. The molecular formula is C26H42N4O. The molecule has 0 unspecified atom stereocenters. The molecule has 2 saturated heterocycles. The van der Waals surface area contributed by atoms with E-state index in [2.05, 4.69) is 31.9 Å². The van der Waals surface area contributed by atoms with Gasteiger partial charge in [-0.15, -0.1) is 0 Å². The molecule has 0 N–H and O–H groups in total. The van der Waals surface area contributed by atoms with Crippen LogP contribution in [0, 0.1) is 0 Å². The van der Waals surface area contributed by atoms with Crippen LogP contribution in [-0.4, -0.2) is 59.2 Å². The summed E-state index contributed by atoms with van der Waals surface area (Å²) in [4.78, 5) is 13.7. The number of ether oxygens (including phenoxy) is 1. The standard InChI is InChI=1S/C22H30N4O.2C2H6/c1-5-19(17-23-9-1)21-7-3-11-25(21)13-15-27-16-14-26-12-4-8-22(26)20-6-2-10-24-18-20;2*1-2/h1-2,5-6,9-10,17-18,21-22H,3-4,7-8,11-16H2;2*1-2H3/t21-,22+;;. The summed E-state index contributed by atoms with van der Waals surface area (Å²) in [5, 5.41) is 0. The van der Waals surface area contributed by atoms with Gasteiger partial charge in [0.2, 0.25) is 0 Å². The molecule has 2 aliphatic heterocycles. The summed E-state index contributed by atoms with van der Waals surface area (Å²) in [6.07, 6.45) is 12.7. The predicted octanol–water partition coefficient (Wildman–Crippen LogP) is 5.52. The van der Waals surface area contributed by atoms with Crippen molar-refractivity contribution in [2.24, 2.45) is 0 Å². The van der Waals surface area contributed by atoms with Gasteiger partial charge in [0.25, 0.3) is 0 Å². The molecule has 5 nitrogen and oxygen atoms in total. The second-order valence-corrected chi connectivity index (χ2v) is 7.57. The topological polar surface area (TPSA) is 41.5 Å². The molecular weight excluding hydrogens is 384 g/mol. The molecule has 172 valence electrons. The van der Waals surface area contributed by atoms with Gasteiger partial charge in [0, 0.05) is 50.0 Å². The fourth-order valence-corrected chi connectivity index (χ4v) is 4.55. The molecule has 0 aliphatic carbocycles. The average molecular weight is 427 g/mol. The largest absolute Gasteiger partial charge is 0.379 e. The van der Waals surface area contributed by atoms with E-state index < -0.39 is 0 Å². The lowest BCUT2D eigenvalue weighted by molar-refractivity contribution is 0.0769. The van der Waals surface area contributed by atoms with Crippen LogP contribution in [0.5, 0.6) is 0 Å². The maximum Gasteiger partial charge on any atom is 0.0594 e. The van der Waals surface area contributed by atoms with Crippen molar-refractivity contribution in [3.05, 3.63) is 60.2 Å². The van der Waals surface area contributed by atoms with E-state index in [1.807, 2.05) is 64.6 Å². The van der Waals surface area contributed by atoms with E-state index in [0.717, 1.165) is 39.4 Å². The minimum atomic E-state index is 0.510. The van der Waals surface area contributed by atoms with Gasteiger partial charge in [-0.2, -0.15) is 0 Å². The van der Waals surface area contributed by atoms with Gasteiger partial charge in [-0.1, -0.05) is 39.8 Å². The highest BCUT2D eigenvalue weighted by Gasteiger charge is 2.27. The van der Waals surface area contributed by atoms with Gasteiger partial charge in [-0.3, -0.25) is 19.8 Å². The van der Waals surface area contributed by atoms with E-state index in [9.17, 15) is 0 Å². The monoisotopic (exact) mass is 426 g/mol. The molecule has 0 radical (unpaired) electrons. The first-order chi connectivity index (χ1) is 15.4. The van der Waals surface area contributed by atoms with Gasteiger partial charge in [-0.25, -0.2) is 0 Å². The van der Waals surface area contributed by atoms with Crippen molar-refractivity contribution in [2.75, 3.05) is 39.4 Å². The molecule has 31 heavy (non-hydrogen) atoms. The van der Waals surface area contributed by atoms with E-state index in [-0.39, 0.29) is 0 Å². The Morgan fingerprint density at radius 1 is 0.774 bits per heavy atom. The molecule has 5 heteroatoms. The number of pyridine rings is 2. The first-order valence-electron chi connectivity index (χ1n) is 12.3. The van der Waals surface area contributed by atoms with E-state index in [1.165, 1.54) is 36.8 Å². The zero-order valence-corrected chi connectivity index (χ0v) is 20.0. The minimum Gasteiger partial charge on any atom is -0.379 e. The minimum absolute atomic E-state index is 0.510. The maximum atomic E-state index is 6.01. The molecule has 2 fully saturated rings. The molecule has 2 atom stereocenters. The second kappa shape index (κ2) is 15.1. The van der Waals surface area contributed by atoms with Crippen molar-refractivity contribution < 1.29 is 4.74 Å². The first kappa shape index (κ1) is 25.4. The Labute approximate surface area is 189 Å². The number of likely N-dealkylation sites (tertiary alicyclic amines) is 2. The van der Waals surface area contributed by atoms with Crippen LogP contribution in [0.3, 0.4) is 0 Å². The van der Waals surface area contributed by atoms with E-state index in [0.29, 0.717) is 12.1 Å². The van der Waals surface area contributed by atoms with Crippen molar-refractivity contribution >= 4 is 0 Å². The van der Waals surface area contributed by atoms with Crippen molar-refractivity contribution in [2.45, 2.75) is 65.5 Å². The smallest absolute Gasteiger partial charge is 0.0594 e. The zero-order valence-electron chi connectivity index (χ0n) is 20.0. The fraction of sp³-hybridized carbons (Fsp3) is 0.615. The average Bonchev–Trinajstić information content (AvgIpc) is 3.52. The van der Waals surface area contributed by atoms with Crippen molar-refractivity contribution in [1.82, 2.24) is 19.8 Å². The van der Waals surface area contributed by atoms with E-state index in [1.54, 1.807) is 0 Å². The van der Waals surface area contributed by atoms with Crippen molar-refractivity contribution in [3.8, 4) is 0 Å². The third kappa shape index (κ3) is 7.67. The third-order valence-electron chi connectivity index (χ3n) is 5.91. The quantitative estimate of drug-likeness (QED) is 0.520. The van der Waals surface area contributed by atoms with Crippen LogP contribution in [0.1, 0.15) is 76.6 Å². The number of rotatable bonds is 8. The molecule has 2 aromatic heterocycles. The van der Waals surface area contributed by atoms with Gasteiger partial charge in [0.15, 0.2) is 0 Å². The Morgan fingerprint density at radius 2 is 1.23 bits per heavy atom. The molecule has 0 amide bonds. The Bertz CT molecular complexity index is 623. The normalized spacial score (nSPS) is 21.2. The molecule has 2 aromatic rings. The van der Waals surface area contributed by atoms with Gasteiger partial charge in [0.05, 0.1) is 13.2 Å². The molecule has 0 bridgehead atoms. The van der Waals surface area contributed by atoms with Crippen LogP contribution in [-0.2, 0) is 4.74 Å². The predicted molar refractivity (Wildman–Crippen MR) is 129 cm³/mol. The van der Waals surface area contributed by atoms with Crippen LogP contribution in [0.15, 0.2) is 49.1 Å². The third-order valence-corrected chi connectivity index (χ3v) is 5.91. The lowest BCUT2D eigenvalue weighted by atomic mass is 10.1. The molecule has 0 spiro atoms. The van der Waals surface area contributed by atoms with Gasteiger partial charge < -0.3 is 4.74 Å². The molecule has 4 rings (SSSR count). The van der Waals surface area contributed by atoms with Gasteiger partial charge >= 0.3 is 0 Å². The lowest BCUT2D eigenvalue weighted by Crippen LogP contribution is -2.30. The first-order valence-corrected chi connectivity index (χ1v) is 12.3. The summed E-state index contributed by atoms with van der Waals surface area (Å²) >= 11 is 0. The maximum absolute atomic E-state index is 6.01. The van der Waals surface area contributed by atoms with Crippen LogP contribution in [0.4, 0.5) is 0 Å². The van der Waals surface area contributed by atoms with Crippen LogP contribution in [0.2, 0.25) is 0 Å². The number of hydrogen-bond acceptors (Lipinski definition) is 5. The lowest BCUT2D eigenvalue weighted by Gasteiger charge is -2.26. The molecule has 2 aliphatic rings. The molecule has 4 heterocycles. The summed E-state index contributed by atoms with van der Waals surface area (Å²) < 4.78 is 6.01. The SMILES string of the molecule is CC.CC.c1cncc([C@H]2CCCN2CCOCCN2CCC[C@H]2c2cccnc2)c1. The highest BCUT2D eigenvalue weighted by atomic mass is 16.5. The Balaban J connectivity index is 0.000000807. The van der Waals surface area contributed by atoms with E-state index >= 15 is 0 Å². The fourth-order valence-electron chi connectivity index (χ4n) is 4.55. The van der Waals surface area contributed by atoms with Crippen LogP contribution in [0.25, 0.3) is 0 Å². The Kier molecular flexibility index (Phi) is 12.4. The van der Waals surface area contributed by atoms with E-state index in [4.69, 9.17) is 4.74 Å². The van der Waals surface area contributed by atoms with Gasteiger partial charge in [-0.05, 0) is 62.0 Å². The van der Waals surface area contributed by atoms with Crippen molar-refractivity contribution in [3.63, 3.8) is 0 Å². The summed E-state index contributed by atoms with van der Waals surface area (Å²) in [5.41, 5.74) is 2.68. The second-order valence-electron chi connectivity index (χ2n) is 7.57. The van der Waals surface area contributed by atoms with Crippen molar-refractivity contribution in [1.29, 1.82) is 0 Å². The highest BCUT2D eigenvalue weighted by molar-refractivity contribution is 5.16. The molecule has 0 saturated carbocycles. The zero-order chi connectivity index (χ0) is 22.3. The Morgan fingerprint density at radius 3 is 1.61 bits per heavy atom. The highest BCUT2D eigenvalue weighted by Crippen LogP contribution is 2.32. The van der Waals surface area contributed by atoms with Gasteiger partial charge in [0.1, 0.15) is 0 Å². The summed E-state index contributed by atoms with van der Waals surface area (Å²) in [5.74, 6) is 0. The summed E-state index contributed by atoms with van der Waals surface area (Å²) in [6.45, 7) is 14.0. The van der Waals surface area contributed by atoms with Crippen LogP contribution < -0.4 is 0 Å². The number of hydrogen-bond donors (Lipinski definition) is 0. The number of aromatic nitrogens is 2.